The molecule has 1 aromatic carbocycles. The van der Waals surface area contributed by atoms with E-state index in [1.807, 2.05) is 0 Å². The molecule has 30 heavy (non-hydrogen) atoms. The average molecular weight is 413 g/mol. The molecule has 0 unspecified atom stereocenters. The maximum atomic E-state index is 13.1. The number of halogens is 1. The zero-order valence-corrected chi connectivity index (χ0v) is 17.3. The third-order valence-electron chi connectivity index (χ3n) is 5.06. The molecular formula is C22H28FN5O2. The van der Waals surface area contributed by atoms with E-state index in [1.165, 1.54) is 59.6 Å². The van der Waals surface area contributed by atoms with Gasteiger partial charge in [0.25, 0.3) is 5.56 Å². The van der Waals surface area contributed by atoms with Gasteiger partial charge in [0.1, 0.15) is 11.2 Å². The smallest absolute Gasteiger partial charge is 0.264 e. The number of aromatic nitrogens is 4. The number of hydrogen-bond donors (Lipinski definition) is 1. The van der Waals surface area contributed by atoms with Gasteiger partial charge in [0, 0.05) is 19.5 Å². The molecule has 0 spiro atoms. The molecule has 8 heteroatoms. The SMILES string of the molecule is CCCCCCCCNC(=O)CCn1cnc2c(cnn2-c2ccc(F)cc2)c1=O. The third-order valence-corrected chi connectivity index (χ3v) is 5.06. The summed E-state index contributed by atoms with van der Waals surface area (Å²) in [5.74, 6) is -0.419. The van der Waals surface area contributed by atoms with Crippen LogP contribution in [0.25, 0.3) is 16.7 Å². The number of amides is 1. The van der Waals surface area contributed by atoms with Crippen LogP contribution >= 0.6 is 0 Å². The zero-order chi connectivity index (χ0) is 21.3. The molecule has 7 nitrogen and oxygen atoms in total. The molecule has 0 saturated carbocycles. The number of carbonyl (C=O) groups is 1. The van der Waals surface area contributed by atoms with Gasteiger partial charge in [-0.1, -0.05) is 39.0 Å². The van der Waals surface area contributed by atoms with Crippen molar-refractivity contribution < 1.29 is 9.18 Å². The summed E-state index contributed by atoms with van der Waals surface area (Å²) >= 11 is 0. The Morgan fingerprint density at radius 2 is 1.83 bits per heavy atom. The minimum Gasteiger partial charge on any atom is -0.356 e. The maximum absolute atomic E-state index is 13.1. The lowest BCUT2D eigenvalue weighted by molar-refractivity contribution is -0.121. The van der Waals surface area contributed by atoms with Crippen molar-refractivity contribution in [2.24, 2.45) is 0 Å². The highest BCUT2D eigenvalue weighted by Crippen LogP contribution is 2.14. The Morgan fingerprint density at radius 3 is 2.60 bits per heavy atom. The molecule has 3 aromatic rings. The van der Waals surface area contributed by atoms with Crippen molar-refractivity contribution in [2.45, 2.75) is 58.4 Å². The van der Waals surface area contributed by atoms with Crippen LogP contribution in [0.4, 0.5) is 4.39 Å². The summed E-state index contributed by atoms with van der Waals surface area (Å²) in [4.78, 5) is 29.1. The molecule has 0 atom stereocenters. The van der Waals surface area contributed by atoms with Gasteiger partial charge in [-0.3, -0.25) is 14.2 Å². The van der Waals surface area contributed by atoms with Gasteiger partial charge in [-0.15, -0.1) is 0 Å². The van der Waals surface area contributed by atoms with Crippen LogP contribution < -0.4 is 10.9 Å². The minimum absolute atomic E-state index is 0.0717. The Morgan fingerprint density at radius 1 is 1.10 bits per heavy atom. The Bertz CT molecular complexity index is 1030. The Balaban J connectivity index is 1.54. The van der Waals surface area contributed by atoms with Crippen molar-refractivity contribution in [3.63, 3.8) is 0 Å². The molecule has 0 aliphatic heterocycles. The van der Waals surface area contributed by atoms with Gasteiger partial charge in [-0.25, -0.2) is 14.1 Å². The van der Waals surface area contributed by atoms with E-state index >= 15 is 0 Å². The molecule has 0 radical (unpaired) electrons. The van der Waals surface area contributed by atoms with E-state index in [2.05, 4.69) is 22.3 Å². The first-order chi connectivity index (χ1) is 14.6. The van der Waals surface area contributed by atoms with E-state index in [4.69, 9.17) is 0 Å². The van der Waals surface area contributed by atoms with Crippen molar-refractivity contribution in [2.75, 3.05) is 6.54 Å². The first-order valence-corrected chi connectivity index (χ1v) is 10.6. The van der Waals surface area contributed by atoms with E-state index in [-0.39, 0.29) is 30.2 Å². The summed E-state index contributed by atoms with van der Waals surface area (Å²) in [5.41, 5.74) is 0.762. The molecule has 0 aliphatic rings. The second kappa shape index (κ2) is 10.7. The predicted octanol–water partition coefficient (Wildman–Crippen LogP) is 3.59. The lowest BCUT2D eigenvalue weighted by Gasteiger charge is -2.08. The summed E-state index contributed by atoms with van der Waals surface area (Å²) in [6.07, 6.45) is 10.1. The third kappa shape index (κ3) is 5.52. The fourth-order valence-corrected chi connectivity index (χ4v) is 3.32. The maximum Gasteiger partial charge on any atom is 0.264 e. The summed E-state index contributed by atoms with van der Waals surface area (Å²) in [6.45, 7) is 3.11. The molecule has 0 aliphatic carbocycles. The van der Waals surface area contributed by atoms with Gasteiger partial charge in [-0.2, -0.15) is 5.10 Å². The monoisotopic (exact) mass is 413 g/mol. The Hall–Kier alpha value is -3.03. The van der Waals surface area contributed by atoms with E-state index in [0.717, 1.165) is 12.8 Å². The largest absolute Gasteiger partial charge is 0.356 e. The van der Waals surface area contributed by atoms with Crippen LogP contribution in [-0.2, 0) is 11.3 Å². The van der Waals surface area contributed by atoms with E-state index < -0.39 is 0 Å². The van der Waals surface area contributed by atoms with Crippen LogP contribution in [0.3, 0.4) is 0 Å². The van der Waals surface area contributed by atoms with Gasteiger partial charge in [0.15, 0.2) is 5.65 Å². The highest BCUT2D eigenvalue weighted by molar-refractivity contribution is 5.76. The minimum atomic E-state index is -0.347. The lowest BCUT2D eigenvalue weighted by atomic mass is 10.1. The number of carbonyl (C=O) groups excluding carboxylic acids is 1. The molecule has 0 bridgehead atoms. The van der Waals surface area contributed by atoms with Crippen molar-refractivity contribution in [1.29, 1.82) is 0 Å². The van der Waals surface area contributed by atoms with Crippen LogP contribution in [0.1, 0.15) is 51.9 Å². The summed E-state index contributed by atoms with van der Waals surface area (Å²) in [5, 5.41) is 7.47. The van der Waals surface area contributed by atoms with Crippen molar-refractivity contribution in [3.8, 4) is 5.69 Å². The topological polar surface area (TPSA) is 81.8 Å². The second-order valence-electron chi connectivity index (χ2n) is 7.38. The number of nitrogens with zero attached hydrogens (tertiary/aromatic N) is 4. The normalized spacial score (nSPS) is 11.1. The van der Waals surface area contributed by atoms with Crippen LogP contribution in [0.15, 0.2) is 41.6 Å². The van der Waals surface area contributed by atoms with Crippen LogP contribution in [0.5, 0.6) is 0 Å². The second-order valence-corrected chi connectivity index (χ2v) is 7.38. The number of fused-ring (bicyclic) bond motifs is 1. The van der Waals surface area contributed by atoms with E-state index in [9.17, 15) is 14.0 Å². The fraction of sp³-hybridized carbons (Fsp3) is 0.455. The number of unbranched alkanes of at least 4 members (excludes halogenated alkanes) is 5. The average Bonchev–Trinajstić information content (AvgIpc) is 3.18. The lowest BCUT2D eigenvalue weighted by Crippen LogP contribution is -2.28. The summed E-state index contributed by atoms with van der Waals surface area (Å²) in [7, 11) is 0. The van der Waals surface area contributed by atoms with Gasteiger partial charge < -0.3 is 5.32 Å². The zero-order valence-electron chi connectivity index (χ0n) is 17.3. The van der Waals surface area contributed by atoms with Gasteiger partial charge in [-0.05, 0) is 30.7 Å². The van der Waals surface area contributed by atoms with Gasteiger partial charge >= 0.3 is 0 Å². The molecule has 0 saturated heterocycles. The molecule has 1 N–H and O–H groups in total. The summed E-state index contributed by atoms with van der Waals surface area (Å²) in [6, 6.07) is 5.80. The van der Waals surface area contributed by atoms with E-state index in [0.29, 0.717) is 23.3 Å². The highest BCUT2D eigenvalue weighted by atomic mass is 19.1. The van der Waals surface area contributed by atoms with E-state index in [1.54, 1.807) is 12.1 Å². The highest BCUT2D eigenvalue weighted by Gasteiger charge is 2.12. The Kier molecular flexibility index (Phi) is 7.70. The van der Waals surface area contributed by atoms with Crippen molar-refractivity contribution in [1.82, 2.24) is 24.6 Å². The fourth-order valence-electron chi connectivity index (χ4n) is 3.32. The van der Waals surface area contributed by atoms with Crippen molar-refractivity contribution in [3.05, 3.63) is 53.0 Å². The molecule has 3 rings (SSSR count). The standard InChI is InChI=1S/C22H28FN5O2/c1-2-3-4-5-6-7-13-24-20(29)12-14-27-16-25-21-19(22(27)30)15-26-28(21)18-10-8-17(23)9-11-18/h8-11,15-16H,2-7,12-14H2,1H3,(H,24,29). The molecule has 0 fully saturated rings. The Labute approximate surface area is 174 Å². The molecular weight excluding hydrogens is 385 g/mol. The molecule has 2 aromatic heterocycles. The van der Waals surface area contributed by atoms with Crippen LogP contribution in [-0.4, -0.2) is 31.8 Å². The summed E-state index contributed by atoms with van der Waals surface area (Å²) < 4.78 is 16.1. The number of hydrogen-bond acceptors (Lipinski definition) is 4. The van der Waals surface area contributed by atoms with Crippen molar-refractivity contribution >= 4 is 16.9 Å². The number of nitrogens with one attached hydrogen (secondary N) is 1. The number of aryl methyl sites for hydroxylation is 1. The van der Waals surface area contributed by atoms with Crippen LogP contribution in [0.2, 0.25) is 0 Å². The molecule has 160 valence electrons. The molecule has 1 amide bonds. The first kappa shape index (κ1) is 21.7. The van der Waals surface area contributed by atoms with Gasteiger partial charge in [0.05, 0.1) is 18.2 Å². The van der Waals surface area contributed by atoms with Gasteiger partial charge in [0.2, 0.25) is 5.91 Å². The predicted molar refractivity (Wildman–Crippen MR) is 114 cm³/mol. The number of rotatable bonds is 11. The molecule has 2 heterocycles. The van der Waals surface area contributed by atoms with Crippen LogP contribution in [0, 0.1) is 5.82 Å². The first-order valence-electron chi connectivity index (χ1n) is 10.6. The quantitative estimate of drug-likeness (QED) is 0.487. The number of benzene rings is 1.